The van der Waals surface area contributed by atoms with Crippen LogP contribution in [0.3, 0.4) is 0 Å². The van der Waals surface area contributed by atoms with Gasteiger partial charge in [-0.05, 0) is 31.0 Å². The van der Waals surface area contributed by atoms with Crippen LogP contribution in [0.5, 0.6) is 0 Å². The van der Waals surface area contributed by atoms with Gasteiger partial charge in [-0.2, -0.15) is 0 Å². The highest BCUT2D eigenvalue weighted by molar-refractivity contribution is 7.91. The van der Waals surface area contributed by atoms with Crippen molar-refractivity contribution in [2.45, 2.75) is 25.4 Å². The molecule has 1 aliphatic rings. The normalized spacial score (nSPS) is 25.6. The predicted molar refractivity (Wildman–Crippen MR) is 79.4 cm³/mol. The number of halogens is 2. The molecule has 106 valence electrons. The second kappa shape index (κ2) is 5.13. The number of nitrogens with one attached hydrogen (secondary N) is 1. The quantitative estimate of drug-likeness (QED) is 0.837. The van der Waals surface area contributed by atoms with Gasteiger partial charge in [-0.25, -0.2) is 8.42 Å². The van der Waals surface area contributed by atoms with Crippen LogP contribution in [0.25, 0.3) is 0 Å². The van der Waals surface area contributed by atoms with Crippen LogP contribution in [0.2, 0.25) is 10.0 Å². The summed E-state index contributed by atoms with van der Waals surface area (Å²) in [5.41, 5.74) is 6.52. The molecule has 0 bridgehead atoms. The summed E-state index contributed by atoms with van der Waals surface area (Å²) < 4.78 is 23.0. The third kappa shape index (κ3) is 3.54. The Bertz CT molecular complexity index is 581. The topological polar surface area (TPSA) is 72.2 Å². The Morgan fingerprint density at radius 2 is 1.95 bits per heavy atom. The van der Waals surface area contributed by atoms with Crippen LogP contribution in [0.1, 0.15) is 18.9 Å². The molecule has 1 aromatic carbocycles. The summed E-state index contributed by atoms with van der Waals surface area (Å²) in [4.78, 5) is 0. The van der Waals surface area contributed by atoms with Gasteiger partial charge in [0.05, 0.1) is 27.2 Å². The first-order chi connectivity index (χ1) is 8.71. The molecule has 1 atom stereocenters. The monoisotopic (exact) mass is 322 g/mol. The van der Waals surface area contributed by atoms with E-state index in [1.165, 1.54) is 0 Å². The summed E-state index contributed by atoms with van der Waals surface area (Å²) in [5, 5.41) is 4.09. The zero-order chi connectivity index (χ0) is 14.3. The molecule has 1 unspecified atom stereocenters. The van der Waals surface area contributed by atoms with Crippen molar-refractivity contribution < 1.29 is 8.42 Å². The third-order valence-electron chi connectivity index (χ3n) is 3.36. The summed E-state index contributed by atoms with van der Waals surface area (Å²) in [7, 11) is -2.92. The molecule has 1 heterocycles. The van der Waals surface area contributed by atoms with Crippen LogP contribution in [0.15, 0.2) is 12.1 Å². The number of sulfone groups is 1. The average molecular weight is 323 g/mol. The molecule has 7 heteroatoms. The van der Waals surface area contributed by atoms with Crippen molar-refractivity contribution >= 4 is 38.7 Å². The van der Waals surface area contributed by atoms with E-state index in [1.54, 1.807) is 12.1 Å². The van der Waals surface area contributed by atoms with E-state index >= 15 is 0 Å². The molecule has 2 rings (SSSR count). The van der Waals surface area contributed by atoms with Gasteiger partial charge in [-0.3, -0.25) is 0 Å². The number of hydrogen-bond donors (Lipinski definition) is 2. The molecule has 4 nitrogen and oxygen atoms in total. The van der Waals surface area contributed by atoms with Crippen LogP contribution >= 0.6 is 23.2 Å². The number of anilines is 1. The Balaban J connectivity index is 2.08. The molecule has 0 aliphatic carbocycles. The SMILES string of the molecule is CC1(NCc2cc(Cl)c(N)c(Cl)c2)CCS(=O)(=O)C1. The summed E-state index contributed by atoms with van der Waals surface area (Å²) in [5.74, 6) is 0.399. The molecule has 0 saturated carbocycles. The van der Waals surface area contributed by atoms with E-state index in [0.717, 1.165) is 5.56 Å². The molecule has 0 aromatic heterocycles. The highest BCUT2D eigenvalue weighted by Gasteiger charge is 2.37. The Hall–Kier alpha value is -0.490. The Morgan fingerprint density at radius 1 is 1.37 bits per heavy atom. The Morgan fingerprint density at radius 3 is 2.42 bits per heavy atom. The van der Waals surface area contributed by atoms with Crippen molar-refractivity contribution in [1.29, 1.82) is 0 Å². The van der Waals surface area contributed by atoms with Crippen LogP contribution < -0.4 is 11.1 Å². The summed E-state index contributed by atoms with van der Waals surface area (Å²) in [6.45, 7) is 2.42. The van der Waals surface area contributed by atoms with E-state index in [9.17, 15) is 8.42 Å². The molecular weight excluding hydrogens is 307 g/mol. The van der Waals surface area contributed by atoms with Gasteiger partial charge in [0.2, 0.25) is 0 Å². The molecule has 0 spiro atoms. The highest BCUT2D eigenvalue weighted by atomic mass is 35.5. The molecule has 0 radical (unpaired) electrons. The Labute approximate surface area is 123 Å². The van der Waals surface area contributed by atoms with Crippen LogP contribution in [-0.2, 0) is 16.4 Å². The lowest BCUT2D eigenvalue weighted by Gasteiger charge is -2.24. The number of hydrogen-bond acceptors (Lipinski definition) is 4. The van der Waals surface area contributed by atoms with Crippen molar-refractivity contribution in [3.05, 3.63) is 27.7 Å². The van der Waals surface area contributed by atoms with Crippen molar-refractivity contribution in [3.8, 4) is 0 Å². The zero-order valence-corrected chi connectivity index (χ0v) is 12.9. The first-order valence-electron chi connectivity index (χ1n) is 5.90. The standard InChI is InChI=1S/C12H16Cl2N2O2S/c1-12(2-3-19(17,18)7-12)16-6-8-4-9(13)11(15)10(14)5-8/h4-5,16H,2-3,6-7,15H2,1H3. The summed E-state index contributed by atoms with van der Waals surface area (Å²) in [6, 6.07) is 3.48. The number of nitrogens with two attached hydrogens (primary N) is 1. The number of rotatable bonds is 3. The van der Waals surface area contributed by atoms with E-state index < -0.39 is 9.84 Å². The zero-order valence-electron chi connectivity index (χ0n) is 10.5. The van der Waals surface area contributed by atoms with Crippen LogP contribution in [0.4, 0.5) is 5.69 Å². The first-order valence-corrected chi connectivity index (χ1v) is 8.47. The average Bonchev–Trinajstić information content (AvgIpc) is 2.58. The second-order valence-electron chi connectivity index (χ2n) is 5.23. The fourth-order valence-corrected chi connectivity index (χ4v) is 4.86. The highest BCUT2D eigenvalue weighted by Crippen LogP contribution is 2.29. The molecule has 1 fully saturated rings. The van der Waals surface area contributed by atoms with E-state index in [1.807, 2.05) is 6.92 Å². The van der Waals surface area contributed by atoms with Gasteiger partial charge in [-0.1, -0.05) is 23.2 Å². The van der Waals surface area contributed by atoms with Crippen LogP contribution in [-0.4, -0.2) is 25.5 Å². The summed E-state index contributed by atoms with van der Waals surface area (Å²) >= 11 is 11.9. The van der Waals surface area contributed by atoms with Crippen LogP contribution in [0, 0.1) is 0 Å². The van der Waals surface area contributed by atoms with E-state index in [2.05, 4.69) is 5.32 Å². The minimum Gasteiger partial charge on any atom is -0.396 e. The van der Waals surface area contributed by atoms with Crippen molar-refractivity contribution in [2.24, 2.45) is 0 Å². The molecular formula is C12H16Cl2N2O2S. The van der Waals surface area contributed by atoms with E-state index in [0.29, 0.717) is 28.7 Å². The van der Waals surface area contributed by atoms with Gasteiger partial charge in [-0.15, -0.1) is 0 Å². The van der Waals surface area contributed by atoms with Gasteiger partial charge in [0, 0.05) is 12.1 Å². The van der Waals surface area contributed by atoms with Gasteiger partial charge in [0.1, 0.15) is 0 Å². The van der Waals surface area contributed by atoms with Gasteiger partial charge in [0.25, 0.3) is 0 Å². The van der Waals surface area contributed by atoms with E-state index in [4.69, 9.17) is 28.9 Å². The third-order valence-corrected chi connectivity index (χ3v) is 5.89. The minimum absolute atomic E-state index is 0.163. The first kappa shape index (κ1) is 14.9. The molecule has 3 N–H and O–H groups in total. The molecule has 1 aromatic rings. The summed E-state index contributed by atoms with van der Waals surface area (Å²) in [6.07, 6.45) is 0.617. The minimum atomic E-state index is -2.92. The molecule has 19 heavy (non-hydrogen) atoms. The van der Waals surface area contributed by atoms with Gasteiger partial charge in [0.15, 0.2) is 9.84 Å². The second-order valence-corrected chi connectivity index (χ2v) is 8.23. The largest absolute Gasteiger partial charge is 0.396 e. The molecule has 1 saturated heterocycles. The fraction of sp³-hybridized carbons (Fsp3) is 0.500. The number of nitrogen functional groups attached to an aromatic ring is 1. The molecule has 1 aliphatic heterocycles. The predicted octanol–water partition coefficient (Wildman–Crippen LogP) is 2.24. The fourth-order valence-electron chi connectivity index (χ4n) is 2.20. The molecule has 0 amide bonds. The van der Waals surface area contributed by atoms with Gasteiger partial charge < -0.3 is 11.1 Å². The van der Waals surface area contributed by atoms with Crippen molar-refractivity contribution in [1.82, 2.24) is 5.32 Å². The van der Waals surface area contributed by atoms with E-state index in [-0.39, 0.29) is 17.0 Å². The van der Waals surface area contributed by atoms with Crippen molar-refractivity contribution in [3.63, 3.8) is 0 Å². The van der Waals surface area contributed by atoms with Gasteiger partial charge >= 0.3 is 0 Å². The lowest BCUT2D eigenvalue weighted by atomic mass is 10.0. The van der Waals surface area contributed by atoms with Crippen molar-refractivity contribution in [2.75, 3.05) is 17.2 Å². The maximum atomic E-state index is 11.5. The smallest absolute Gasteiger partial charge is 0.152 e. The lowest BCUT2D eigenvalue weighted by molar-refractivity contribution is 0.395. The Kier molecular flexibility index (Phi) is 4.02. The maximum Gasteiger partial charge on any atom is 0.152 e. The number of benzene rings is 1. The lowest BCUT2D eigenvalue weighted by Crippen LogP contribution is -2.42. The maximum absolute atomic E-state index is 11.5.